The van der Waals surface area contributed by atoms with Crippen LogP contribution in [0.4, 0.5) is 6.01 Å². The molecule has 0 aliphatic heterocycles. The Hall–Kier alpha value is -1.94. The summed E-state index contributed by atoms with van der Waals surface area (Å²) >= 11 is 3.02. The van der Waals surface area contributed by atoms with Gasteiger partial charge in [-0.15, -0.1) is 0 Å². The molecule has 0 saturated carbocycles. The summed E-state index contributed by atoms with van der Waals surface area (Å²) in [5.41, 5.74) is -0.0375. The zero-order chi connectivity index (χ0) is 14.9. The minimum Gasteiger partial charge on any atom is -0.478 e. The summed E-state index contributed by atoms with van der Waals surface area (Å²) in [6.45, 7) is 1.54. The van der Waals surface area contributed by atoms with Gasteiger partial charge in [-0.25, -0.2) is 17.9 Å². The van der Waals surface area contributed by atoms with Crippen molar-refractivity contribution in [2.24, 2.45) is 0 Å². The fourth-order valence-corrected chi connectivity index (χ4v) is 3.36. The molecule has 1 heterocycles. The number of carbonyl (C=O) groups is 1. The number of carboxylic acid groups (broad SMARTS) is 1. The van der Waals surface area contributed by atoms with Gasteiger partial charge >= 0.3 is 12.0 Å². The van der Waals surface area contributed by atoms with Gasteiger partial charge in [0, 0.05) is 4.47 Å². The van der Waals surface area contributed by atoms with Crippen molar-refractivity contribution in [3.63, 3.8) is 0 Å². The van der Waals surface area contributed by atoms with E-state index in [2.05, 4.69) is 35.3 Å². The number of halogens is 1. The molecule has 0 radical (unpaired) electrons. The minimum atomic E-state index is -3.96. The number of aryl methyl sites for hydroxylation is 1. The third-order valence-electron chi connectivity index (χ3n) is 2.22. The monoisotopic (exact) mass is 361 g/mol. The lowest BCUT2D eigenvalue weighted by molar-refractivity contribution is 0.0696. The first-order chi connectivity index (χ1) is 9.29. The largest absolute Gasteiger partial charge is 0.478 e. The number of aromatic carboxylic acids is 1. The summed E-state index contributed by atoms with van der Waals surface area (Å²) in [5.74, 6) is -0.877. The molecule has 20 heavy (non-hydrogen) atoms. The van der Waals surface area contributed by atoms with E-state index in [1.807, 2.05) is 0 Å². The molecule has 0 fully saturated rings. The van der Waals surface area contributed by atoms with Crippen molar-refractivity contribution in [1.29, 1.82) is 0 Å². The molecule has 0 amide bonds. The van der Waals surface area contributed by atoms with E-state index in [9.17, 15) is 13.2 Å². The lowest BCUT2D eigenvalue weighted by Gasteiger charge is -2.06. The lowest BCUT2D eigenvalue weighted by atomic mass is 10.2. The topological polar surface area (TPSA) is 122 Å². The van der Waals surface area contributed by atoms with Crippen LogP contribution in [-0.4, -0.2) is 29.6 Å². The molecular weight excluding hydrogens is 354 g/mol. The normalized spacial score (nSPS) is 11.3. The molecule has 2 rings (SSSR count). The van der Waals surface area contributed by atoms with Crippen molar-refractivity contribution < 1.29 is 22.8 Å². The number of hydrogen-bond acceptors (Lipinski definition) is 6. The van der Waals surface area contributed by atoms with E-state index in [4.69, 9.17) is 5.11 Å². The van der Waals surface area contributed by atoms with Crippen LogP contribution in [0.25, 0.3) is 0 Å². The highest BCUT2D eigenvalue weighted by Gasteiger charge is 2.21. The molecule has 10 heteroatoms. The summed E-state index contributed by atoms with van der Waals surface area (Å²) in [6, 6.07) is 3.27. The summed E-state index contributed by atoms with van der Waals surface area (Å²) in [6.07, 6.45) is 0. The van der Waals surface area contributed by atoms with Crippen molar-refractivity contribution in [3.05, 3.63) is 34.1 Å². The molecule has 0 atom stereocenters. The van der Waals surface area contributed by atoms with E-state index in [0.717, 1.165) is 0 Å². The van der Waals surface area contributed by atoms with Gasteiger partial charge in [0.05, 0.1) is 5.56 Å². The molecule has 0 aliphatic carbocycles. The Labute approximate surface area is 122 Å². The van der Waals surface area contributed by atoms with Crippen LogP contribution in [0.1, 0.15) is 16.2 Å². The fourth-order valence-electron chi connectivity index (χ4n) is 1.36. The van der Waals surface area contributed by atoms with Gasteiger partial charge < -0.3 is 9.63 Å². The lowest BCUT2D eigenvalue weighted by Crippen LogP contribution is -2.14. The van der Waals surface area contributed by atoms with Crippen LogP contribution in [-0.2, 0) is 10.0 Å². The Morgan fingerprint density at radius 1 is 1.45 bits per heavy atom. The van der Waals surface area contributed by atoms with E-state index >= 15 is 0 Å². The number of nitrogens with one attached hydrogen (secondary N) is 1. The first-order valence-electron chi connectivity index (χ1n) is 5.15. The molecule has 0 unspecified atom stereocenters. The second-order valence-corrected chi connectivity index (χ2v) is 6.21. The van der Waals surface area contributed by atoms with Gasteiger partial charge in [-0.3, -0.25) is 0 Å². The predicted octanol–water partition coefficient (Wildman–Crippen LogP) is 1.64. The summed E-state index contributed by atoms with van der Waals surface area (Å²) in [4.78, 5) is 14.4. The number of nitrogens with zero attached hydrogens (tertiary/aromatic N) is 2. The van der Waals surface area contributed by atoms with Crippen molar-refractivity contribution in [2.45, 2.75) is 11.8 Å². The van der Waals surface area contributed by atoms with Crippen LogP contribution >= 0.6 is 15.9 Å². The maximum absolute atomic E-state index is 12.1. The molecule has 106 valence electrons. The number of benzene rings is 1. The summed E-state index contributed by atoms with van der Waals surface area (Å²) in [5, 5.41) is 12.3. The van der Waals surface area contributed by atoms with Crippen molar-refractivity contribution in [3.8, 4) is 0 Å². The van der Waals surface area contributed by atoms with E-state index in [1.165, 1.54) is 18.2 Å². The van der Waals surface area contributed by atoms with Crippen LogP contribution in [0.15, 0.2) is 32.1 Å². The third kappa shape index (κ3) is 2.96. The Morgan fingerprint density at radius 3 is 2.65 bits per heavy atom. The van der Waals surface area contributed by atoms with Gasteiger partial charge in [-0.1, -0.05) is 5.16 Å². The van der Waals surface area contributed by atoms with E-state index in [-0.39, 0.29) is 26.8 Å². The van der Waals surface area contributed by atoms with Crippen molar-refractivity contribution in [1.82, 2.24) is 10.1 Å². The quantitative estimate of drug-likeness (QED) is 0.848. The minimum absolute atomic E-state index is 0.0375. The van der Waals surface area contributed by atoms with Crippen LogP contribution in [0.3, 0.4) is 0 Å². The molecule has 0 saturated heterocycles. The van der Waals surface area contributed by atoms with E-state index < -0.39 is 16.0 Å². The van der Waals surface area contributed by atoms with Crippen LogP contribution in [0.5, 0.6) is 0 Å². The van der Waals surface area contributed by atoms with E-state index in [1.54, 1.807) is 6.92 Å². The molecule has 0 aliphatic rings. The number of sulfonamides is 1. The van der Waals surface area contributed by atoms with Gasteiger partial charge in [-0.05, 0) is 41.1 Å². The van der Waals surface area contributed by atoms with Gasteiger partial charge in [0.1, 0.15) is 4.90 Å². The molecule has 1 aromatic heterocycles. The first-order valence-corrected chi connectivity index (χ1v) is 7.43. The third-order valence-corrected chi connectivity index (χ3v) is 4.51. The Balaban J connectivity index is 2.37. The summed E-state index contributed by atoms with van der Waals surface area (Å²) in [7, 11) is -3.96. The van der Waals surface area contributed by atoms with E-state index in [0.29, 0.717) is 0 Å². The maximum Gasteiger partial charge on any atom is 0.335 e. The number of aromatic nitrogens is 2. The average molecular weight is 362 g/mol. The standard InChI is InChI=1S/C10H8BrN3O5S/c1-5-12-10(19-13-5)14-20(17,18)8-3-2-6(9(15)16)4-7(8)11/h2-4H,1H3,(H,15,16)(H,12,13,14). The Bertz CT molecular complexity index is 771. The average Bonchev–Trinajstić information content (AvgIpc) is 2.73. The molecular formula is C10H8BrN3O5S. The molecule has 0 bridgehead atoms. The summed E-state index contributed by atoms with van der Waals surface area (Å²) < 4.78 is 31.1. The van der Waals surface area contributed by atoms with Gasteiger partial charge in [-0.2, -0.15) is 4.98 Å². The molecule has 0 spiro atoms. The highest BCUT2D eigenvalue weighted by atomic mass is 79.9. The fraction of sp³-hybridized carbons (Fsp3) is 0.100. The van der Waals surface area contributed by atoms with Crippen molar-refractivity contribution in [2.75, 3.05) is 4.72 Å². The molecule has 8 nitrogen and oxygen atoms in total. The van der Waals surface area contributed by atoms with Gasteiger partial charge in [0.2, 0.25) is 0 Å². The first kappa shape index (κ1) is 14.5. The second kappa shape index (κ2) is 5.21. The smallest absolute Gasteiger partial charge is 0.335 e. The highest BCUT2D eigenvalue weighted by molar-refractivity contribution is 9.10. The number of anilines is 1. The second-order valence-electron chi connectivity index (χ2n) is 3.70. The zero-order valence-electron chi connectivity index (χ0n) is 9.99. The van der Waals surface area contributed by atoms with Gasteiger partial charge in [0.15, 0.2) is 5.82 Å². The molecule has 2 N–H and O–H groups in total. The highest BCUT2D eigenvalue weighted by Crippen LogP contribution is 2.25. The van der Waals surface area contributed by atoms with Crippen molar-refractivity contribution >= 4 is 37.9 Å². The van der Waals surface area contributed by atoms with Gasteiger partial charge in [0.25, 0.3) is 10.0 Å². The Kier molecular flexibility index (Phi) is 3.77. The molecule has 2 aromatic rings. The number of hydrogen-bond donors (Lipinski definition) is 2. The van der Waals surface area contributed by atoms with Crippen LogP contribution in [0.2, 0.25) is 0 Å². The predicted molar refractivity (Wildman–Crippen MR) is 70.9 cm³/mol. The Morgan fingerprint density at radius 2 is 2.15 bits per heavy atom. The number of carboxylic acids is 1. The van der Waals surface area contributed by atoms with Crippen LogP contribution in [0, 0.1) is 6.92 Å². The SMILES string of the molecule is Cc1noc(NS(=O)(=O)c2ccc(C(=O)O)cc2Br)n1. The van der Waals surface area contributed by atoms with Crippen LogP contribution < -0.4 is 4.72 Å². The molecule has 1 aromatic carbocycles. The number of rotatable bonds is 4. The maximum atomic E-state index is 12.1. The zero-order valence-corrected chi connectivity index (χ0v) is 12.4.